The average Bonchev–Trinajstić information content (AvgIpc) is 2.79. The predicted octanol–water partition coefficient (Wildman–Crippen LogP) is 0.503. The number of nitrogens with zero attached hydrogens (tertiary/aromatic N) is 7. The van der Waals surface area contributed by atoms with Gasteiger partial charge in [-0.3, -0.25) is 9.59 Å². The minimum absolute atomic E-state index is 0.0457. The number of anilines is 2. The van der Waals surface area contributed by atoms with Gasteiger partial charge in [-0.15, -0.1) is 0 Å². The first kappa shape index (κ1) is 19.1. The SMILES string of the molecule is CC(=O)N1CCN(C(=O)c2cnc(N3CCN(c4ccccn4)CC3)cn2)CC1. The van der Waals surface area contributed by atoms with E-state index < -0.39 is 0 Å². The monoisotopic (exact) mass is 395 g/mol. The van der Waals surface area contributed by atoms with Gasteiger partial charge in [0.1, 0.15) is 17.3 Å². The largest absolute Gasteiger partial charge is 0.353 e. The molecule has 0 aliphatic carbocycles. The van der Waals surface area contributed by atoms with Gasteiger partial charge in [-0.2, -0.15) is 0 Å². The van der Waals surface area contributed by atoms with Crippen molar-refractivity contribution in [2.45, 2.75) is 6.92 Å². The highest BCUT2D eigenvalue weighted by Crippen LogP contribution is 2.17. The summed E-state index contributed by atoms with van der Waals surface area (Å²) in [6.45, 7) is 7.10. The number of hydrogen-bond donors (Lipinski definition) is 0. The average molecular weight is 395 g/mol. The highest BCUT2D eigenvalue weighted by molar-refractivity contribution is 5.92. The summed E-state index contributed by atoms with van der Waals surface area (Å²) in [5, 5.41) is 0. The molecule has 0 atom stereocenters. The summed E-state index contributed by atoms with van der Waals surface area (Å²) >= 11 is 0. The first-order chi connectivity index (χ1) is 14.1. The van der Waals surface area contributed by atoms with Gasteiger partial charge < -0.3 is 19.6 Å². The molecule has 0 bridgehead atoms. The Labute approximate surface area is 170 Å². The predicted molar refractivity (Wildman–Crippen MR) is 109 cm³/mol. The second kappa shape index (κ2) is 8.42. The fourth-order valence-electron chi connectivity index (χ4n) is 3.69. The van der Waals surface area contributed by atoms with Crippen LogP contribution in [0.3, 0.4) is 0 Å². The van der Waals surface area contributed by atoms with E-state index in [1.807, 2.05) is 24.4 Å². The quantitative estimate of drug-likeness (QED) is 0.748. The van der Waals surface area contributed by atoms with Crippen molar-refractivity contribution in [1.82, 2.24) is 24.8 Å². The maximum atomic E-state index is 12.7. The van der Waals surface area contributed by atoms with Gasteiger partial charge in [0.2, 0.25) is 5.91 Å². The molecular weight excluding hydrogens is 370 g/mol. The van der Waals surface area contributed by atoms with Gasteiger partial charge >= 0.3 is 0 Å². The molecule has 2 aliphatic heterocycles. The lowest BCUT2D eigenvalue weighted by molar-refractivity contribution is -0.130. The van der Waals surface area contributed by atoms with Crippen molar-refractivity contribution in [2.75, 3.05) is 62.2 Å². The Morgan fingerprint density at radius 3 is 1.97 bits per heavy atom. The molecule has 2 aromatic rings. The number of hydrogen-bond acceptors (Lipinski definition) is 7. The Morgan fingerprint density at radius 1 is 0.759 bits per heavy atom. The van der Waals surface area contributed by atoms with Crippen LogP contribution in [0, 0.1) is 0 Å². The second-order valence-electron chi connectivity index (χ2n) is 7.22. The van der Waals surface area contributed by atoms with E-state index in [0.717, 1.165) is 37.8 Å². The molecule has 0 N–H and O–H groups in total. The van der Waals surface area contributed by atoms with Crippen molar-refractivity contribution in [1.29, 1.82) is 0 Å². The minimum Gasteiger partial charge on any atom is -0.353 e. The fraction of sp³-hybridized carbons (Fsp3) is 0.450. The van der Waals surface area contributed by atoms with Crippen LogP contribution in [0.25, 0.3) is 0 Å². The molecule has 29 heavy (non-hydrogen) atoms. The molecule has 9 nitrogen and oxygen atoms in total. The number of amides is 2. The summed E-state index contributed by atoms with van der Waals surface area (Å²) in [4.78, 5) is 45.2. The molecule has 0 saturated carbocycles. The molecule has 2 aliphatic rings. The molecule has 2 amide bonds. The van der Waals surface area contributed by atoms with E-state index >= 15 is 0 Å². The lowest BCUT2D eigenvalue weighted by Gasteiger charge is -2.36. The third-order valence-electron chi connectivity index (χ3n) is 5.45. The van der Waals surface area contributed by atoms with Crippen LogP contribution in [0.4, 0.5) is 11.6 Å². The van der Waals surface area contributed by atoms with Crippen LogP contribution in [0.1, 0.15) is 17.4 Å². The Kier molecular flexibility index (Phi) is 5.55. The summed E-state index contributed by atoms with van der Waals surface area (Å²) in [5.74, 6) is 1.68. The standard InChI is InChI=1S/C20H25N7O2/c1-16(28)24-6-12-27(13-7-24)20(29)17-14-23-19(15-22-17)26-10-8-25(9-11-26)18-4-2-3-5-21-18/h2-5,14-15H,6-13H2,1H3. The second-order valence-corrected chi connectivity index (χ2v) is 7.22. The van der Waals surface area contributed by atoms with Crippen molar-refractivity contribution in [3.8, 4) is 0 Å². The molecule has 152 valence electrons. The van der Waals surface area contributed by atoms with Crippen LogP contribution in [-0.4, -0.2) is 88.9 Å². The normalized spacial score (nSPS) is 17.4. The van der Waals surface area contributed by atoms with Gasteiger partial charge in [-0.05, 0) is 12.1 Å². The highest BCUT2D eigenvalue weighted by Gasteiger charge is 2.25. The van der Waals surface area contributed by atoms with Gasteiger partial charge in [0.25, 0.3) is 5.91 Å². The van der Waals surface area contributed by atoms with Crippen LogP contribution in [0.5, 0.6) is 0 Å². The number of piperazine rings is 2. The summed E-state index contributed by atoms with van der Waals surface area (Å²) in [6.07, 6.45) is 5.04. The van der Waals surface area contributed by atoms with Crippen molar-refractivity contribution in [2.24, 2.45) is 0 Å². The lowest BCUT2D eigenvalue weighted by atomic mass is 10.2. The first-order valence-electron chi connectivity index (χ1n) is 9.89. The number of rotatable bonds is 3. The maximum absolute atomic E-state index is 12.7. The third kappa shape index (κ3) is 4.28. The van der Waals surface area contributed by atoms with E-state index in [0.29, 0.717) is 31.9 Å². The van der Waals surface area contributed by atoms with Gasteiger partial charge in [-0.25, -0.2) is 15.0 Å². The van der Waals surface area contributed by atoms with Gasteiger partial charge in [-0.1, -0.05) is 6.07 Å². The Balaban J connectivity index is 1.33. The van der Waals surface area contributed by atoms with Crippen molar-refractivity contribution < 1.29 is 9.59 Å². The Morgan fingerprint density at radius 2 is 1.41 bits per heavy atom. The smallest absolute Gasteiger partial charge is 0.274 e. The van der Waals surface area contributed by atoms with Crippen molar-refractivity contribution >= 4 is 23.5 Å². The topological polar surface area (TPSA) is 85.8 Å². The summed E-state index contributed by atoms with van der Waals surface area (Å²) in [6, 6.07) is 5.93. The highest BCUT2D eigenvalue weighted by atomic mass is 16.2. The Hall–Kier alpha value is -3.23. The van der Waals surface area contributed by atoms with E-state index in [-0.39, 0.29) is 11.8 Å². The molecule has 4 heterocycles. The Bertz CT molecular complexity index is 843. The van der Waals surface area contributed by atoms with Crippen LogP contribution in [0.2, 0.25) is 0 Å². The number of pyridine rings is 1. The fourth-order valence-corrected chi connectivity index (χ4v) is 3.69. The van der Waals surface area contributed by atoms with E-state index in [9.17, 15) is 9.59 Å². The molecule has 0 radical (unpaired) electrons. The van der Waals surface area contributed by atoms with E-state index in [1.54, 1.807) is 29.1 Å². The van der Waals surface area contributed by atoms with Gasteiger partial charge in [0.15, 0.2) is 0 Å². The van der Waals surface area contributed by atoms with E-state index in [1.165, 1.54) is 0 Å². The lowest BCUT2D eigenvalue weighted by Crippen LogP contribution is -2.50. The third-order valence-corrected chi connectivity index (χ3v) is 5.45. The molecule has 2 fully saturated rings. The molecule has 0 aromatic carbocycles. The number of carbonyl (C=O) groups is 2. The zero-order chi connectivity index (χ0) is 20.2. The summed E-state index contributed by atoms with van der Waals surface area (Å²) in [7, 11) is 0. The molecule has 4 rings (SSSR count). The summed E-state index contributed by atoms with van der Waals surface area (Å²) in [5.41, 5.74) is 0.345. The van der Waals surface area contributed by atoms with Gasteiger partial charge in [0, 0.05) is 65.5 Å². The maximum Gasteiger partial charge on any atom is 0.274 e. The summed E-state index contributed by atoms with van der Waals surface area (Å²) < 4.78 is 0. The van der Waals surface area contributed by atoms with Gasteiger partial charge in [0.05, 0.1) is 12.4 Å². The zero-order valence-corrected chi connectivity index (χ0v) is 16.6. The minimum atomic E-state index is -0.132. The molecular formula is C20H25N7O2. The number of carbonyl (C=O) groups excluding carboxylic acids is 2. The van der Waals surface area contributed by atoms with Crippen LogP contribution in [0.15, 0.2) is 36.8 Å². The molecule has 0 unspecified atom stereocenters. The number of aromatic nitrogens is 3. The van der Waals surface area contributed by atoms with E-state index in [4.69, 9.17) is 0 Å². The molecule has 2 saturated heterocycles. The first-order valence-corrected chi connectivity index (χ1v) is 9.89. The van der Waals surface area contributed by atoms with Crippen molar-refractivity contribution in [3.63, 3.8) is 0 Å². The molecule has 9 heteroatoms. The van der Waals surface area contributed by atoms with Crippen LogP contribution < -0.4 is 9.80 Å². The van der Waals surface area contributed by atoms with E-state index in [2.05, 4.69) is 24.8 Å². The van der Waals surface area contributed by atoms with Crippen LogP contribution in [-0.2, 0) is 4.79 Å². The molecule has 2 aromatic heterocycles. The van der Waals surface area contributed by atoms with Crippen molar-refractivity contribution in [3.05, 3.63) is 42.5 Å². The molecule has 0 spiro atoms. The van der Waals surface area contributed by atoms with Crippen LogP contribution >= 0.6 is 0 Å². The zero-order valence-electron chi connectivity index (χ0n) is 16.6.